The van der Waals surface area contributed by atoms with Crippen molar-refractivity contribution in [2.45, 2.75) is 20.4 Å². The van der Waals surface area contributed by atoms with Gasteiger partial charge in [0, 0.05) is 22.7 Å². The van der Waals surface area contributed by atoms with E-state index in [1.54, 1.807) is 11.3 Å². The first-order valence-electron chi connectivity index (χ1n) is 9.24. The molecule has 2 N–H and O–H groups in total. The quantitative estimate of drug-likeness (QED) is 0.388. The largest absolute Gasteiger partial charge is 0.351 e. The Kier molecular flexibility index (Phi) is 6.08. The van der Waals surface area contributed by atoms with Crippen LogP contribution in [-0.4, -0.2) is 16.8 Å². The van der Waals surface area contributed by atoms with Gasteiger partial charge in [0.25, 0.3) is 5.91 Å². The molecule has 0 spiro atoms. The normalized spacial score (nSPS) is 10.7. The summed E-state index contributed by atoms with van der Waals surface area (Å²) in [5.41, 5.74) is 3.95. The van der Waals surface area contributed by atoms with E-state index >= 15 is 0 Å². The molecule has 5 nitrogen and oxygen atoms in total. The van der Waals surface area contributed by atoms with Crippen LogP contribution in [0.5, 0.6) is 0 Å². The number of rotatable bonds is 6. The van der Waals surface area contributed by atoms with Crippen molar-refractivity contribution in [1.82, 2.24) is 10.3 Å². The lowest BCUT2D eigenvalue weighted by Gasteiger charge is -2.04. The average Bonchev–Trinajstić information content (AvgIpc) is 3.47. The summed E-state index contributed by atoms with van der Waals surface area (Å²) in [5.74, 6) is -0.207. The van der Waals surface area contributed by atoms with Crippen LogP contribution >= 0.6 is 34.0 Å². The number of benzene rings is 1. The number of aromatic nitrogens is 1. The van der Waals surface area contributed by atoms with Crippen molar-refractivity contribution in [3.8, 4) is 21.7 Å². The Morgan fingerprint density at radius 3 is 2.60 bits per heavy atom. The van der Waals surface area contributed by atoms with Crippen LogP contribution in [0.4, 0.5) is 5.13 Å². The standard InChI is InChI=1S/C22H19N3O2S3/c1-13-3-5-15(6-4-13)17-9-10-28-20(17)21(27)25-22-24-18(12-29-22)19-8-7-16(30-19)11-23-14(2)26/h3-10,12H,11H2,1-2H3,(H,23,26)(H,24,25,27). The molecule has 0 aliphatic rings. The van der Waals surface area contributed by atoms with Gasteiger partial charge in [-0.2, -0.15) is 0 Å². The van der Waals surface area contributed by atoms with Gasteiger partial charge in [-0.1, -0.05) is 29.8 Å². The van der Waals surface area contributed by atoms with E-state index < -0.39 is 0 Å². The molecule has 8 heteroatoms. The number of hydrogen-bond donors (Lipinski definition) is 2. The molecule has 0 fully saturated rings. The van der Waals surface area contributed by atoms with Crippen LogP contribution in [0.25, 0.3) is 21.7 Å². The summed E-state index contributed by atoms with van der Waals surface area (Å²) >= 11 is 4.40. The number of carbonyl (C=O) groups is 2. The Labute approximate surface area is 186 Å². The SMILES string of the molecule is CC(=O)NCc1ccc(-c2csc(NC(=O)c3sccc3-c3ccc(C)cc3)n2)s1. The van der Waals surface area contributed by atoms with Crippen LogP contribution in [0.1, 0.15) is 27.0 Å². The molecule has 0 aliphatic heterocycles. The number of thiophene rings is 2. The van der Waals surface area contributed by atoms with E-state index in [1.807, 2.05) is 60.1 Å². The first-order chi connectivity index (χ1) is 14.5. The molecule has 0 saturated heterocycles. The maximum absolute atomic E-state index is 12.9. The molecule has 0 aliphatic carbocycles. The van der Waals surface area contributed by atoms with Crippen molar-refractivity contribution >= 4 is 51.0 Å². The summed E-state index contributed by atoms with van der Waals surface area (Å²) in [6, 6.07) is 14.1. The number of thiazole rings is 1. The van der Waals surface area contributed by atoms with Gasteiger partial charge >= 0.3 is 0 Å². The van der Waals surface area contributed by atoms with E-state index in [0.29, 0.717) is 16.6 Å². The minimum Gasteiger partial charge on any atom is -0.351 e. The fourth-order valence-electron chi connectivity index (χ4n) is 2.87. The van der Waals surface area contributed by atoms with E-state index in [1.165, 1.54) is 35.2 Å². The molecule has 4 aromatic rings. The molecule has 4 rings (SSSR count). The van der Waals surface area contributed by atoms with Gasteiger partial charge in [0.05, 0.1) is 17.1 Å². The highest BCUT2D eigenvalue weighted by molar-refractivity contribution is 7.17. The topological polar surface area (TPSA) is 71.1 Å². The number of carbonyl (C=O) groups excluding carboxylic acids is 2. The molecule has 0 radical (unpaired) electrons. The van der Waals surface area contributed by atoms with Crippen molar-refractivity contribution in [2.75, 3.05) is 5.32 Å². The molecule has 2 amide bonds. The summed E-state index contributed by atoms with van der Waals surface area (Å²) < 4.78 is 0. The lowest BCUT2D eigenvalue weighted by molar-refractivity contribution is -0.119. The summed E-state index contributed by atoms with van der Waals surface area (Å²) in [5, 5.41) is 10.1. The van der Waals surface area contributed by atoms with Crippen LogP contribution in [0.15, 0.2) is 53.2 Å². The van der Waals surface area contributed by atoms with Crippen LogP contribution in [-0.2, 0) is 11.3 Å². The minimum absolute atomic E-state index is 0.0535. The van der Waals surface area contributed by atoms with Gasteiger partial charge in [-0.05, 0) is 36.1 Å². The molecular weight excluding hydrogens is 434 g/mol. The second kappa shape index (κ2) is 8.91. The third-order valence-electron chi connectivity index (χ3n) is 4.38. The van der Waals surface area contributed by atoms with Crippen LogP contribution in [0.2, 0.25) is 0 Å². The van der Waals surface area contributed by atoms with E-state index in [9.17, 15) is 9.59 Å². The fraction of sp³-hybridized carbons (Fsp3) is 0.136. The van der Waals surface area contributed by atoms with Crippen molar-refractivity contribution in [3.63, 3.8) is 0 Å². The number of anilines is 1. The average molecular weight is 454 g/mol. The summed E-state index contributed by atoms with van der Waals surface area (Å²) in [7, 11) is 0. The van der Waals surface area contributed by atoms with Crippen molar-refractivity contribution in [3.05, 3.63) is 68.5 Å². The van der Waals surface area contributed by atoms with Gasteiger partial charge in [0.2, 0.25) is 5.91 Å². The molecule has 0 atom stereocenters. The minimum atomic E-state index is -0.154. The second-order valence-corrected chi connectivity index (χ2v) is 9.64. The van der Waals surface area contributed by atoms with Crippen molar-refractivity contribution in [2.24, 2.45) is 0 Å². The van der Waals surface area contributed by atoms with E-state index in [2.05, 4.69) is 15.6 Å². The molecule has 0 saturated carbocycles. The zero-order valence-electron chi connectivity index (χ0n) is 16.4. The van der Waals surface area contributed by atoms with E-state index in [0.717, 1.165) is 26.6 Å². The molecule has 30 heavy (non-hydrogen) atoms. The first kappa shape index (κ1) is 20.5. The first-order valence-corrected chi connectivity index (χ1v) is 11.8. The summed E-state index contributed by atoms with van der Waals surface area (Å²) in [4.78, 5) is 31.2. The molecular formula is C22H19N3O2S3. The maximum atomic E-state index is 12.9. The van der Waals surface area contributed by atoms with E-state index in [-0.39, 0.29) is 11.8 Å². The molecule has 1 aromatic carbocycles. The zero-order chi connectivity index (χ0) is 21.1. The fourth-order valence-corrected chi connectivity index (χ4v) is 5.37. The molecule has 0 bridgehead atoms. The number of nitrogens with one attached hydrogen (secondary N) is 2. The Balaban J connectivity index is 1.47. The van der Waals surface area contributed by atoms with Crippen molar-refractivity contribution < 1.29 is 9.59 Å². The predicted molar refractivity (Wildman–Crippen MR) is 125 cm³/mol. The summed E-state index contributed by atoms with van der Waals surface area (Å²) in [6.45, 7) is 4.05. The number of aryl methyl sites for hydroxylation is 1. The molecule has 3 aromatic heterocycles. The predicted octanol–water partition coefficient (Wildman–Crippen LogP) is 5.80. The Bertz CT molecular complexity index is 1190. The second-order valence-electron chi connectivity index (χ2n) is 6.70. The molecule has 152 valence electrons. The van der Waals surface area contributed by atoms with Gasteiger partial charge in [0.1, 0.15) is 4.88 Å². The van der Waals surface area contributed by atoms with Crippen LogP contribution in [0, 0.1) is 6.92 Å². The molecule has 0 unspecified atom stereocenters. The highest BCUT2D eigenvalue weighted by atomic mass is 32.1. The van der Waals surface area contributed by atoms with Crippen molar-refractivity contribution in [1.29, 1.82) is 0 Å². The number of amides is 2. The maximum Gasteiger partial charge on any atom is 0.268 e. The highest BCUT2D eigenvalue weighted by Gasteiger charge is 2.17. The summed E-state index contributed by atoms with van der Waals surface area (Å²) in [6.07, 6.45) is 0. The Morgan fingerprint density at radius 1 is 1.03 bits per heavy atom. The van der Waals surface area contributed by atoms with Gasteiger partial charge in [-0.3, -0.25) is 14.9 Å². The van der Waals surface area contributed by atoms with Gasteiger partial charge in [-0.15, -0.1) is 34.0 Å². The van der Waals surface area contributed by atoms with Gasteiger partial charge in [-0.25, -0.2) is 4.98 Å². The Morgan fingerprint density at radius 2 is 1.83 bits per heavy atom. The highest BCUT2D eigenvalue weighted by Crippen LogP contribution is 2.32. The molecule has 3 heterocycles. The zero-order valence-corrected chi connectivity index (χ0v) is 18.8. The smallest absolute Gasteiger partial charge is 0.268 e. The third kappa shape index (κ3) is 4.67. The van der Waals surface area contributed by atoms with Gasteiger partial charge < -0.3 is 5.32 Å². The number of nitrogens with zero attached hydrogens (tertiary/aromatic N) is 1. The Hall–Kier alpha value is -2.81. The lowest BCUT2D eigenvalue weighted by Crippen LogP contribution is -2.17. The third-order valence-corrected chi connectivity index (χ3v) is 7.16. The monoisotopic (exact) mass is 453 g/mol. The van der Waals surface area contributed by atoms with Crippen LogP contribution in [0.3, 0.4) is 0 Å². The van der Waals surface area contributed by atoms with Crippen LogP contribution < -0.4 is 10.6 Å². The van der Waals surface area contributed by atoms with E-state index in [4.69, 9.17) is 0 Å². The number of hydrogen-bond acceptors (Lipinski definition) is 6. The van der Waals surface area contributed by atoms with Gasteiger partial charge in [0.15, 0.2) is 5.13 Å². The lowest BCUT2D eigenvalue weighted by atomic mass is 10.0.